The normalized spacial score (nSPS) is 10.2. The van der Waals surface area contributed by atoms with E-state index < -0.39 is 5.97 Å². The Bertz CT molecular complexity index is 570. The second-order valence-corrected chi connectivity index (χ2v) is 4.52. The Morgan fingerprint density at radius 1 is 1.20 bits per heavy atom. The molecule has 0 unspecified atom stereocenters. The number of aromatic carboxylic acids is 1. The van der Waals surface area contributed by atoms with Crippen molar-refractivity contribution >= 4 is 17.3 Å². The van der Waals surface area contributed by atoms with Gasteiger partial charge in [0, 0.05) is 18.4 Å². The number of carboxylic acid groups (broad SMARTS) is 1. The Morgan fingerprint density at radius 3 is 2.60 bits per heavy atom. The summed E-state index contributed by atoms with van der Waals surface area (Å²) in [6, 6.07) is 13.4. The molecule has 0 aliphatic rings. The van der Waals surface area contributed by atoms with Crippen molar-refractivity contribution in [3.05, 3.63) is 54.4 Å². The van der Waals surface area contributed by atoms with Gasteiger partial charge in [0.25, 0.3) is 0 Å². The number of para-hydroxylation sites is 1. The minimum absolute atomic E-state index is 0.0902. The molecule has 0 spiro atoms. The average molecular weight is 270 g/mol. The van der Waals surface area contributed by atoms with Crippen LogP contribution in [0.1, 0.15) is 30.3 Å². The van der Waals surface area contributed by atoms with Crippen molar-refractivity contribution in [3.8, 4) is 0 Å². The predicted molar refractivity (Wildman–Crippen MR) is 79.6 cm³/mol. The van der Waals surface area contributed by atoms with E-state index in [4.69, 9.17) is 0 Å². The van der Waals surface area contributed by atoms with Crippen LogP contribution in [-0.4, -0.2) is 22.6 Å². The first kappa shape index (κ1) is 14.1. The number of unbranched alkanes of at least 4 members (excludes halogenated alkanes) is 1. The molecule has 0 aliphatic carbocycles. The zero-order valence-corrected chi connectivity index (χ0v) is 11.5. The summed E-state index contributed by atoms with van der Waals surface area (Å²) in [4.78, 5) is 17.3. The smallest absolute Gasteiger partial charge is 0.356 e. The number of anilines is 2. The van der Waals surface area contributed by atoms with Crippen molar-refractivity contribution in [1.29, 1.82) is 0 Å². The van der Waals surface area contributed by atoms with Gasteiger partial charge >= 0.3 is 5.97 Å². The maximum absolute atomic E-state index is 11.3. The highest BCUT2D eigenvalue weighted by Crippen LogP contribution is 2.27. The molecule has 0 atom stereocenters. The van der Waals surface area contributed by atoms with Crippen molar-refractivity contribution in [1.82, 2.24) is 4.98 Å². The highest BCUT2D eigenvalue weighted by molar-refractivity contribution is 5.93. The van der Waals surface area contributed by atoms with E-state index in [1.807, 2.05) is 35.2 Å². The van der Waals surface area contributed by atoms with E-state index in [1.165, 1.54) is 6.20 Å². The van der Waals surface area contributed by atoms with Crippen molar-refractivity contribution in [3.63, 3.8) is 0 Å². The van der Waals surface area contributed by atoms with Gasteiger partial charge in [-0.2, -0.15) is 0 Å². The molecule has 1 heterocycles. The molecule has 20 heavy (non-hydrogen) atoms. The second-order valence-electron chi connectivity index (χ2n) is 4.52. The van der Waals surface area contributed by atoms with Crippen LogP contribution in [0, 0.1) is 0 Å². The van der Waals surface area contributed by atoms with Gasteiger partial charge in [0.15, 0.2) is 5.69 Å². The zero-order chi connectivity index (χ0) is 14.4. The first-order chi connectivity index (χ1) is 9.74. The summed E-state index contributed by atoms with van der Waals surface area (Å²) in [6.07, 6.45) is 3.55. The van der Waals surface area contributed by atoms with E-state index in [1.54, 1.807) is 12.1 Å². The molecule has 0 saturated heterocycles. The number of pyridine rings is 1. The summed E-state index contributed by atoms with van der Waals surface area (Å²) in [5.74, 6) is -1.00. The summed E-state index contributed by atoms with van der Waals surface area (Å²) in [6.45, 7) is 2.89. The number of carbonyl (C=O) groups is 1. The molecule has 1 aromatic carbocycles. The van der Waals surface area contributed by atoms with E-state index in [0.29, 0.717) is 5.69 Å². The average Bonchev–Trinajstić information content (AvgIpc) is 2.49. The molecule has 0 aliphatic heterocycles. The maximum Gasteiger partial charge on any atom is 0.356 e. The van der Waals surface area contributed by atoms with Crippen LogP contribution in [0.3, 0.4) is 0 Å². The van der Waals surface area contributed by atoms with Crippen LogP contribution >= 0.6 is 0 Å². The molecule has 104 valence electrons. The van der Waals surface area contributed by atoms with E-state index in [-0.39, 0.29) is 5.69 Å². The van der Waals surface area contributed by atoms with Gasteiger partial charge in [0.1, 0.15) is 0 Å². The lowest BCUT2D eigenvalue weighted by atomic mass is 10.2. The van der Waals surface area contributed by atoms with Gasteiger partial charge in [-0.25, -0.2) is 9.78 Å². The van der Waals surface area contributed by atoms with Gasteiger partial charge < -0.3 is 10.0 Å². The first-order valence-corrected chi connectivity index (χ1v) is 6.75. The number of benzene rings is 1. The Balaban J connectivity index is 2.44. The van der Waals surface area contributed by atoms with Crippen molar-refractivity contribution in [2.24, 2.45) is 0 Å². The quantitative estimate of drug-likeness (QED) is 0.869. The number of rotatable bonds is 6. The van der Waals surface area contributed by atoms with Crippen LogP contribution in [0.2, 0.25) is 0 Å². The van der Waals surface area contributed by atoms with Crippen LogP contribution in [0.15, 0.2) is 48.7 Å². The largest absolute Gasteiger partial charge is 0.476 e. The molecule has 1 aromatic heterocycles. The lowest BCUT2D eigenvalue weighted by molar-refractivity contribution is 0.0691. The van der Waals surface area contributed by atoms with Gasteiger partial charge in [0.05, 0.1) is 5.69 Å². The Labute approximate surface area is 118 Å². The van der Waals surface area contributed by atoms with Gasteiger partial charge in [-0.05, 0) is 30.7 Å². The monoisotopic (exact) mass is 270 g/mol. The van der Waals surface area contributed by atoms with Gasteiger partial charge in [-0.15, -0.1) is 0 Å². The number of aromatic nitrogens is 1. The summed E-state index contributed by atoms with van der Waals surface area (Å²) in [7, 11) is 0. The van der Waals surface area contributed by atoms with E-state index in [9.17, 15) is 9.90 Å². The molecule has 1 N–H and O–H groups in total. The second kappa shape index (κ2) is 6.70. The van der Waals surface area contributed by atoms with Crippen LogP contribution in [0.25, 0.3) is 0 Å². The third kappa shape index (κ3) is 3.15. The van der Waals surface area contributed by atoms with Gasteiger partial charge in [-0.3, -0.25) is 0 Å². The Kier molecular flexibility index (Phi) is 4.71. The zero-order valence-electron chi connectivity index (χ0n) is 11.5. The van der Waals surface area contributed by atoms with Crippen molar-refractivity contribution < 1.29 is 9.90 Å². The lowest BCUT2D eigenvalue weighted by Crippen LogP contribution is -2.21. The highest BCUT2D eigenvalue weighted by atomic mass is 16.4. The van der Waals surface area contributed by atoms with Crippen molar-refractivity contribution in [2.75, 3.05) is 11.4 Å². The molecule has 0 bridgehead atoms. The Hall–Kier alpha value is -2.36. The first-order valence-electron chi connectivity index (χ1n) is 6.75. The fraction of sp³-hybridized carbons (Fsp3) is 0.250. The minimum atomic E-state index is -1.00. The maximum atomic E-state index is 11.3. The SMILES string of the molecule is CCCCN(c1ccccc1)c1cccnc1C(=O)O. The summed E-state index contributed by atoms with van der Waals surface area (Å²) >= 11 is 0. The molecule has 2 aromatic rings. The van der Waals surface area contributed by atoms with E-state index >= 15 is 0 Å². The molecule has 2 rings (SSSR count). The number of hydrogen-bond acceptors (Lipinski definition) is 3. The molecule has 0 radical (unpaired) electrons. The summed E-state index contributed by atoms with van der Waals surface area (Å²) in [5.41, 5.74) is 1.71. The number of carboxylic acids is 1. The van der Waals surface area contributed by atoms with E-state index in [0.717, 1.165) is 25.1 Å². The molecule has 4 nitrogen and oxygen atoms in total. The fourth-order valence-corrected chi connectivity index (χ4v) is 2.09. The van der Waals surface area contributed by atoms with Gasteiger partial charge in [0.2, 0.25) is 0 Å². The molecular weight excluding hydrogens is 252 g/mol. The number of nitrogens with zero attached hydrogens (tertiary/aromatic N) is 2. The molecule has 0 amide bonds. The molecule has 0 saturated carbocycles. The molecular formula is C16H18N2O2. The molecule has 4 heteroatoms. The standard InChI is InChI=1S/C16H18N2O2/c1-2-3-12-18(13-8-5-4-6-9-13)14-10-7-11-17-15(14)16(19)20/h4-11H,2-3,12H2,1H3,(H,19,20). The number of hydrogen-bond donors (Lipinski definition) is 1. The van der Waals surface area contributed by atoms with Crippen LogP contribution in [-0.2, 0) is 0 Å². The summed E-state index contributed by atoms with van der Waals surface area (Å²) in [5, 5.41) is 9.30. The Morgan fingerprint density at radius 2 is 1.95 bits per heavy atom. The molecule has 0 fully saturated rings. The van der Waals surface area contributed by atoms with Crippen LogP contribution in [0.5, 0.6) is 0 Å². The third-order valence-electron chi connectivity index (χ3n) is 3.08. The topological polar surface area (TPSA) is 53.4 Å². The lowest BCUT2D eigenvalue weighted by Gasteiger charge is -2.25. The van der Waals surface area contributed by atoms with Crippen molar-refractivity contribution in [2.45, 2.75) is 19.8 Å². The minimum Gasteiger partial charge on any atom is -0.476 e. The van der Waals surface area contributed by atoms with E-state index in [2.05, 4.69) is 11.9 Å². The van der Waals surface area contributed by atoms with Crippen LogP contribution in [0.4, 0.5) is 11.4 Å². The van der Waals surface area contributed by atoms with Gasteiger partial charge in [-0.1, -0.05) is 31.5 Å². The third-order valence-corrected chi connectivity index (χ3v) is 3.08. The van der Waals surface area contributed by atoms with Crippen LogP contribution < -0.4 is 4.90 Å². The predicted octanol–water partition coefficient (Wildman–Crippen LogP) is 3.72. The highest BCUT2D eigenvalue weighted by Gasteiger charge is 2.17. The fourth-order valence-electron chi connectivity index (χ4n) is 2.09. The summed E-state index contributed by atoms with van der Waals surface area (Å²) < 4.78 is 0.